The van der Waals surface area contributed by atoms with Gasteiger partial charge in [-0.2, -0.15) is 11.8 Å². The predicted molar refractivity (Wildman–Crippen MR) is 95.6 cm³/mol. The number of quaternary nitrogens is 1. The Hall–Kier alpha value is -1.77. The summed E-state index contributed by atoms with van der Waals surface area (Å²) in [5.41, 5.74) is 1.82. The number of thioether (sulfide) groups is 1. The van der Waals surface area contributed by atoms with Crippen LogP contribution in [0.4, 0.5) is 10.5 Å². The number of ether oxygens (including phenoxy) is 1. The summed E-state index contributed by atoms with van der Waals surface area (Å²) >= 11 is 1.52. The van der Waals surface area contributed by atoms with E-state index in [0.717, 1.165) is 32.8 Å². The number of carboxylic acids is 1. The van der Waals surface area contributed by atoms with Gasteiger partial charge in [0.2, 0.25) is 0 Å². The fourth-order valence-electron chi connectivity index (χ4n) is 2.64. The maximum Gasteiger partial charge on any atom is 0.319 e. The van der Waals surface area contributed by atoms with Crippen molar-refractivity contribution >= 4 is 29.4 Å². The largest absolute Gasteiger partial charge is 0.548 e. The zero-order valence-corrected chi connectivity index (χ0v) is 15.2. The molecule has 1 fully saturated rings. The Balaban J connectivity index is 1.82. The van der Waals surface area contributed by atoms with Crippen LogP contribution >= 0.6 is 11.8 Å². The van der Waals surface area contributed by atoms with Gasteiger partial charge in [-0.15, -0.1) is 0 Å². The highest BCUT2D eigenvalue weighted by Gasteiger charge is 2.15. The molecule has 0 radical (unpaired) electrons. The van der Waals surface area contributed by atoms with E-state index < -0.39 is 18.0 Å². The maximum absolute atomic E-state index is 12.0. The lowest BCUT2D eigenvalue weighted by Gasteiger charge is -2.23. The molecule has 2 rings (SSSR count). The summed E-state index contributed by atoms with van der Waals surface area (Å²) in [5, 5.41) is 16.1. The molecule has 0 spiro atoms. The average molecular weight is 367 g/mol. The number of carbonyl (C=O) groups excluding carboxylic acids is 2. The van der Waals surface area contributed by atoms with E-state index >= 15 is 0 Å². The highest BCUT2D eigenvalue weighted by atomic mass is 32.2. The first kappa shape index (κ1) is 19.6. The van der Waals surface area contributed by atoms with Gasteiger partial charge in [-0.1, -0.05) is 12.1 Å². The molecule has 1 aromatic carbocycles. The third-order valence-electron chi connectivity index (χ3n) is 4.07. The van der Waals surface area contributed by atoms with Gasteiger partial charge in [-0.3, -0.25) is 0 Å². The van der Waals surface area contributed by atoms with Gasteiger partial charge < -0.3 is 30.2 Å². The normalized spacial score (nSPS) is 16.2. The number of hydrogen-bond donors (Lipinski definition) is 3. The first-order valence-electron chi connectivity index (χ1n) is 8.36. The van der Waals surface area contributed by atoms with Crippen LogP contribution < -0.4 is 20.6 Å². The van der Waals surface area contributed by atoms with Gasteiger partial charge in [0.1, 0.15) is 19.6 Å². The van der Waals surface area contributed by atoms with Gasteiger partial charge in [0.05, 0.1) is 25.2 Å². The van der Waals surface area contributed by atoms with E-state index in [9.17, 15) is 14.7 Å². The number of rotatable bonds is 8. The van der Waals surface area contributed by atoms with Gasteiger partial charge in [0, 0.05) is 11.3 Å². The first-order valence-corrected chi connectivity index (χ1v) is 9.75. The average Bonchev–Trinajstić information content (AvgIpc) is 2.61. The highest BCUT2D eigenvalue weighted by Crippen LogP contribution is 2.09. The Labute approximate surface area is 152 Å². The molecule has 1 heterocycles. The predicted octanol–water partition coefficient (Wildman–Crippen LogP) is -0.905. The third-order valence-corrected chi connectivity index (χ3v) is 4.71. The summed E-state index contributed by atoms with van der Waals surface area (Å²) in [6.45, 7) is 4.53. The lowest BCUT2D eigenvalue weighted by Crippen LogP contribution is -3.12. The zero-order valence-electron chi connectivity index (χ0n) is 14.4. The fraction of sp³-hybridized carbons (Fsp3) is 0.529. The van der Waals surface area contributed by atoms with Crippen LogP contribution in [0.15, 0.2) is 24.3 Å². The number of hydrogen-bond acceptors (Lipinski definition) is 5. The Morgan fingerprint density at radius 2 is 1.96 bits per heavy atom. The van der Waals surface area contributed by atoms with Crippen molar-refractivity contribution in [1.29, 1.82) is 0 Å². The zero-order chi connectivity index (χ0) is 18.1. The van der Waals surface area contributed by atoms with Gasteiger partial charge in [-0.05, 0) is 30.6 Å². The molecule has 1 aromatic rings. The first-order chi connectivity index (χ1) is 12.1. The number of carbonyl (C=O) groups is 2. The molecule has 1 saturated heterocycles. The minimum Gasteiger partial charge on any atom is -0.548 e. The van der Waals surface area contributed by atoms with E-state index in [1.54, 1.807) is 0 Å². The Bertz CT molecular complexity index is 562. The Morgan fingerprint density at radius 1 is 1.28 bits per heavy atom. The van der Waals surface area contributed by atoms with Crippen LogP contribution in [0, 0.1) is 0 Å². The number of anilines is 1. The SMILES string of the molecule is CSCC[C@H](NC(=O)Nc1ccc(C[NH+]2CCOCC2)cc1)C(=O)[O-]. The summed E-state index contributed by atoms with van der Waals surface area (Å²) in [6.07, 6.45) is 2.21. The molecule has 25 heavy (non-hydrogen) atoms. The second-order valence-electron chi connectivity index (χ2n) is 5.99. The molecule has 0 unspecified atom stereocenters. The molecule has 1 aliphatic heterocycles. The molecule has 0 aliphatic carbocycles. The highest BCUT2D eigenvalue weighted by molar-refractivity contribution is 7.98. The molecule has 1 atom stereocenters. The van der Waals surface area contributed by atoms with Crippen molar-refractivity contribution in [3.8, 4) is 0 Å². The molecule has 138 valence electrons. The molecular formula is C17H25N3O4S. The molecule has 7 nitrogen and oxygen atoms in total. The van der Waals surface area contributed by atoms with Gasteiger partial charge >= 0.3 is 6.03 Å². The molecule has 0 bridgehead atoms. The molecule has 8 heteroatoms. The smallest absolute Gasteiger partial charge is 0.319 e. The molecule has 1 aliphatic rings. The van der Waals surface area contributed by atoms with Crippen molar-refractivity contribution in [1.82, 2.24) is 5.32 Å². The van der Waals surface area contributed by atoms with Crippen molar-refractivity contribution in [2.45, 2.75) is 19.0 Å². The van der Waals surface area contributed by atoms with E-state index in [2.05, 4.69) is 10.6 Å². The van der Waals surface area contributed by atoms with Gasteiger partial charge in [0.25, 0.3) is 0 Å². The Morgan fingerprint density at radius 3 is 2.56 bits per heavy atom. The summed E-state index contributed by atoms with van der Waals surface area (Å²) in [7, 11) is 0. The Kier molecular flexibility index (Phi) is 8.03. The second-order valence-corrected chi connectivity index (χ2v) is 6.97. The second kappa shape index (κ2) is 10.3. The lowest BCUT2D eigenvalue weighted by atomic mass is 10.2. The van der Waals surface area contributed by atoms with E-state index in [1.165, 1.54) is 22.2 Å². The molecular weight excluding hydrogens is 342 g/mol. The fourth-order valence-corrected chi connectivity index (χ4v) is 3.11. The number of nitrogens with one attached hydrogen (secondary N) is 3. The molecule has 0 saturated carbocycles. The number of benzene rings is 1. The summed E-state index contributed by atoms with van der Waals surface area (Å²) < 4.78 is 5.35. The van der Waals surface area contributed by atoms with Crippen LogP contribution in [0.25, 0.3) is 0 Å². The summed E-state index contributed by atoms with van der Waals surface area (Å²) in [6, 6.07) is 6.07. The van der Waals surface area contributed by atoms with Gasteiger partial charge in [0.15, 0.2) is 0 Å². The van der Waals surface area contributed by atoms with Crippen LogP contribution in [0.3, 0.4) is 0 Å². The monoisotopic (exact) mass is 367 g/mol. The number of morpholine rings is 1. The van der Waals surface area contributed by atoms with E-state index in [4.69, 9.17) is 4.74 Å². The van der Waals surface area contributed by atoms with Crippen LogP contribution in [0.5, 0.6) is 0 Å². The topological polar surface area (TPSA) is 94.9 Å². The molecule has 3 N–H and O–H groups in total. The number of aliphatic carboxylic acids is 1. The van der Waals surface area contributed by atoms with Crippen LogP contribution in [-0.2, 0) is 16.1 Å². The van der Waals surface area contributed by atoms with Gasteiger partial charge in [-0.25, -0.2) is 4.79 Å². The van der Waals surface area contributed by atoms with Crippen LogP contribution in [0.2, 0.25) is 0 Å². The number of amides is 2. The van der Waals surface area contributed by atoms with E-state index in [-0.39, 0.29) is 0 Å². The number of carboxylic acid groups (broad SMARTS) is 1. The van der Waals surface area contributed by atoms with E-state index in [1.807, 2.05) is 30.5 Å². The van der Waals surface area contributed by atoms with Crippen molar-refractivity contribution < 1.29 is 24.3 Å². The van der Waals surface area contributed by atoms with E-state index in [0.29, 0.717) is 17.9 Å². The minimum atomic E-state index is -1.27. The van der Waals surface area contributed by atoms with Crippen molar-refractivity contribution in [2.24, 2.45) is 0 Å². The maximum atomic E-state index is 12.0. The van der Waals surface area contributed by atoms with Crippen LogP contribution in [-0.4, -0.2) is 56.4 Å². The minimum absolute atomic E-state index is 0.332. The third kappa shape index (κ3) is 6.93. The number of urea groups is 1. The summed E-state index contributed by atoms with van der Waals surface area (Å²) in [5.74, 6) is -0.634. The van der Waals surface area contributed by atoms with Crippen molar-refractivity contribution in [3.05, 3.63) is 29.8 Å². The van der Waals surface area contributed by atoms with Crippen LogP contribution in [0.1, 0.15) is 12.0 Å². The lowest BCUT2D eigenvalue weighted by molar-refractivity contribution is -0.921. The van der Waals surface area contributed by atoms with Crippen molar-refractivity contribution in [2.75, 3.05) is 43.6 Å². The molecule has 0 aromatic heterocycles. The quantitative estimate of drug-likeness (QED) is 0.553. The standard InChI is InChI=1S/C17H25N3O4S/c1-25-11-6-15(16(21)22)19-17(23)18-14-4-2-13(3-5-14)12-20-7-9-24-10-8-20/h2-5,15H,6-12H2,1H3,(H,21,22)(H2,18,19,23)/t15-/m0/s1. The van der Waals surface area contributed by atoms with Crippen molar-refractivity contribution in [3.63, 3.8) is 0 Å². The molecule has 2 amide bonds. The summed E-state index contributed by atoms with van der Waals surface area (Å²) in [4.78, 5) is 24.5.